The number of halogens is 1. The Labute approximate surface area is 120 Å². The fraction of sp³-hybridized carbons (Fsp3) is 0.625. The topological polar surface area (TPSA) is 18.5 Å². The first-order valence-electron chi connectivity index (χ1n) is 7.66. The lowest BCUT2D eigenvalue weighted by Crippen LogP contribution is -2.64. The minimum absolute atomic E-state index is 0.0708. The molecule has 2 aliphatic rings. The number of hydrogen-bond donors (Lipinski definition) is 1. The van der Waals surface area contributed by atoms with Crippen molar-refractivity contribution in [3.63, 3.8) is 0 Å². The monoisotopic (exact) mass is 277 g/mol. The van der Waals surface area contributed by atoms with Crippen LogP contribution in [0.25, 0.3) is 0 Å². The molecule has 1 atom stereocenters. The second-order valence-electron chi connectivity index (χ2n) is 6.04. The number of rotatable bonds is 4. The van der Waals surface area contributed by atoms with Crippen molar-refractivity contribution in [3.8, 4) is 0 Å². The quantitative estimate of drug-likeness (QED) is 0.896. The molecule has 4 heteroatoms. The van der Waals surface area contributed by atoms with Crippen LogP contribution in [0, 0.1) is 5.82 Å². The van der Waals surface area contributed by atoms with E-state index in [1.807, 2.05) is 12.1 Å². The Morgan fingerprint density at radius 1 is 1.25 bits per heavy atom. The Bertz CT molecular complexity index is 439. The van der Waals surface area contributed by atoms with E-state index in [-0.39, 0.29) is 5.82 Å². The third-order valence-corrected chi connectivity index (χ3v) is 4.66. The summed E-state index contributed by atoms with van der Waals surface area (Å²) in [6, 6.07) is 8.27. The van der Waals surface area contributed by atoms with E-state index in [0.29, 0.717) is 12.1 Å². The highest BCUT2D eigenvalue weighted by molar-refractivity contribution is 5.18. The second kappa shape index (κ2) is 6.20. The maximum atomic E-state index is 13.7. The van der Waals surface area contributed by atoms with Gasteiger partial charge in [-0.25, -0.2) is 4.39 Å². The van der Waals surface area contributed by atoms with Gasteiger partial charge in [0.2, 0.25) is 0 Å². The van der Waals surface area contributed by atoms with Crippen LogP contribution < -0.4 is 5.32 Å². The molecule has 0 amide bonds. The molecule has 0 saturated carbocycles. The fourth-order valence-electron chi connectivity index (χ4n) is 3.24. The Kier molecular flexibility index (Phi) is 4.34. The van der Waals surface area contributed by atoms with Crippen LogP contribution in [0.1, 0.15) is 12.5 Å². The van der Waals surface area contributed by atoms with Gasteiger partial charge in [0.05, 0.1) is 0 Å². The summed E-state index contributed by atoms with van der Waals surface area (Å²) in [7, 11) is 0. The van der Waals surface area contributed by atoms with Crippen molar-refractivity contribution >= 4 is 0 Å². The molecule has 1 unspecified atom stereocenters. The third-order valence-electron chi connectivity index (χ3n) is 4.66. The van der Waals surface area contributed by atoms with Gasteiger partial charge in [0.1, 0.15) is 5.82 Å². The molecule has 0 aromatic heterocycles. The molecule has 2 saturated heterocycles. The van der Waals surface area contributed by atoms with Crippen molar-refractivity contribution in [2.45, 2.75) is 25.4 Å². The Hall–Kier alpha value is -0.970. The van der Waals surface area contributed by atoms with Crippen LogP contribution >= 0.6 is 0 Å². The van der Waals surface area contributed by atoms with Crippen molar-refractivity contribution in [2.75, 3.05) is 39.3 Å². The number of hydrogen-bond acceptors (Lipinski definition) is 3. The van der Waals surface area contributed by atoms with Crippen LogP contribution in [0.4, 0.5) is 4.39 Å². The van der Waals surface area contributed by atoms with E-state index >= 15 is 0 Å². The van der Waals surface area contributed by atoms with E-state index in [1.165, 1.54) is 13.1 Å². The first-order chi connectivity index (χ1) is 9.74. The molecule has 0 spiro atoms. The number of likely N-dealkylation sites (tertiary alicyclic amines) is 1. The highest BCUT2D eigenvalue weighted by Gasteiger charge is 2.34. The predicted octanol–water partition coefficient (Wildman–Crippen LogP) is 1.35. The summed E-state index contributed by atoms with van der Waals surface area (Å²) in [5.41, 5.74) is 0.839. The average Bonchev–Trinajstić information content (AvgIpc) is 2.41. The molecular formula is C16H24FN3. The second-order valence-corrected chi connectivity index (χ2v) is 6.04. The highest BCUT2D eigenvalue weighted by Crippen LogP contribution is 2.21. The normalized spacial score (nSPS) is 23.5. The van der Waals surface area contributed by atoms with Crippen LogP contribution in [0.2, 0.25) is 0 Å². The van der Waals surface area contributed by atoms with Crippen LogP contribution in [0.3, 0.4) is 0 Å². The molecule has 110 valence electrons. The van der Waals surface area contributed by atoms with Gasteiger partial charge in [-0.2, -0.15) is 0 Å². The smallest absolute Gasteiger partial charge is 0.126 e. The molecule has 2 fully saturated rings. The average molecular weight is 277 g/mol. The van der Waals surface area contributed by atoms with Gasteiger partial charge in [0.15, 0.2) is 0 Å². The molecule has 3 nitrogen and oxygen atoms in total. The summed E-state index contributed by atoms with van der Waals surface area (Å²) in [6.07, 6.45) is 0.806. The van der Waals surface area contributed by atoms with E-state index in [4.69, 9.17) is 0 Å². The zero-order chi connectivity index (χ0) is 13.9. The molecule has 0 aliphatic carbocycles. The van der Waals surface area contributed by atoms with Crippen molar-refractivity contribution in [3.05, 3.63) is 35.6 Å². The fourth-order valence-corrected chi connectivity index (χ4v) is 3.24. The van der Waals surface area contributed by atoms with Gasteiger partial charge in [-0.15, -0.1) is 0 Å². The lowest BCUT2D eigenvalue weighted by molar-refractivity contribution is 0.00410. The van der Waals surface area contributed by atoms with Gasteiger partial charge in [-0.1, -0.05) is 18.2 Å². The van der Waals surface area contributed by atoms with Gasteiger partial charge in [0, 0.05) is 51.4 Å². The van der Waals surface area contributed by atoms with Crippen molar-refractivity contribution < 1.29 is 4.39 Å². The maximum absolute atomic E-state index is 13.7. The molecule has 3 rings (SSSR count). The summed E-state index contributed by atoms with van der Waals surface area (Å²) < 4.78 is 13.7. The lowest BCUT2D eigenvalue weighted by atomic mass is 9.99. The standard InChI is InChI=1S/C16H24FN3/c1-13(10-14-4-2-3-5-16(14)17)20-11-15(12-20)19-8-6-18-7-9-19/h2-5,13,15,18H,6-12H2,1H3. The van der Waals surface area contributed by atoms with Crippen LogP contribution in [0.5, 0.6) is 0 Å². The molecule has 1 aromatic rings. The van der Waals surface area contributed by atoms with E-state index in [0.717, 1.165) is 38.2 Å². The number of nitrogens with zero attached hydrogens (tertiary/aromatic N) is 2. The minimum atomic E-state index is -0.0708. The molecular weight excluding hydrogens is 253 g/mol. The molecule has 1 N–H and O–H groups in total. The maximum Gasteiger partial charge on any atom is 0.126 e. The summed E-state index contributed by atoms with van der Waals surface area (Å²) in [5.74, 6) is -0.0708. The third kappa shape index (κ3) is 3.03. The SMILES string of the molecule is CC(Cc1ccccc1F)N1CC(N2CCNCC2)C1. The summed E-state index contributed by atoms with van der Waals surface area (Å²) in [4.78, 5) is 5.06. The molecule has 2 heterocycles. The van der Waals surface area contributed by atoms with E-state index < -0.39 is 0 Å². The zero-order valence-electron chi connectivity index (χ0n) is 12.2. The van der Waals surface area contributed by atoms with E-state index in [9.17, 15) is 4.39 Å². The Morgan fingerprint density at radius 3 is 2.65 bits per heavy atom. The minimum Gasteiger partial charge on any atom is -0.314 e. The molecule has 2 aliphatic heterocycles. The van der Waals surface area contributed by atoms with Gasteiger partial charge >= 0.3 is 0 Å². The first-order valence-corrected chi connectivity index (χ1v) is 7.66. The van der Waals surface area contributed by atoms with E-state index in [1.54, 1.807) is 12.1 Å². The van der Waals surface area contributed by atoms with E-state index in [2.05, 4.69) is 22.0 Å². The van der Waals surface area contributed by atoms with Crippen LogP contribution in [-0.2, 0) is 6.42 Å². The van der Waals surface area contributed by atoms with Gasteiger partial charge < -0.3 is 5.32 Å². The Balaban J connectivity index is 1.48. The molecule has 0 radical (unpaired) electrons. The Morgan fingerprint density at radius 2 is 1.95 bits per heavy atom. The van der Waals surface area contributed by atoms with Gasteiger partial charge in [-0.3, -0.25) is 9.80 Å². The zero-order valence-corrected chi connectivity index (χ0v) is 12.2. The van der Waals surface area contributed by atoms with Gasteiger partial charge in [-0.05, 0) is 25.0 Å². The predicted molar refractivity (Wildman–Crippen MR) is 79.4 cm³/mol. The summed E-state index contributed by atoms with van der Waals surface area (Å²) in [6.45, 7) is 9.04. The molecule has 1 aromatic carbocycles. The number of nitrogens with one attached hydrogen (secondary N) is 1. The molecule has 0 bridgehead atoms. The number of benzene rings is 1. The van der Waals surface area contributed by atoms with Crippen LogP contribution in [-0.4, -0.2) is 61.2 Å². The summed E-state index contributed by atoms with van der Waals surface area (Å²) in [5, 5.41) is 3.39. The van der Waals surface area contributed by atoms with Crippen molar-refractivity contribution in [1.29, 1.82) is 0 Å². The first kappa shape index (κ1) is 14.0. The van der Waals surface area contributed by atoms with Crippen LogP contribution in [0.15, 0.2) is 24.3 Å². The van der Waals surface area contributed by atoms with Crippen molar-refractivity contribution in [1.82, 2.24) is 15.1 Å². The largest absolute Gasteiger partial charge is 0.314 e. The van der Waals surface area contributed by atoms with Gasteiger partial charge in [0.25, 0.3) is 0 Å². The lowest BCUT2D eigenvalue weighted by Gasteiger charge is -2.49. The number of piperazine rings is 1. The summed E-state index contributed by atoms with van der Waals surface area (Å²) >= 11 is 0. The molecule has 20 heavy (non-hydrogen) atoms. The van der Waals surface area contributed by atoms with Crippen molar-refractivity contribution in [2.24, 2.45) is 0 Å². The highest BCUT2D eigenvalue weighted by atomic mass is 19.1.